The topological polar surface area (TPSA) is 191 Å². The number of aromatic nitrogens is 8. The lowest BCUT2D eigenvalue weighted by Gasteiger charge is -2.26. The Labute approximate surface area is 430 Å². The molecular formula is C52H69ClF2N14O4. The van der Waals surface area contributed by atoms with Gasteiger partial charge >= 0.3 is 0 Å². The molecule has 0 atom stereocenters. The summed E-state index contributed by atoms with van der Waals surface area (Å²) in [7, 11) is 6.48. The number of nitrogens with one attached hydrogen (secondary N) is 1. The molecule has 4 aliphatic rings. The Balaban J connectivity index is 0.000000162. The van der Waals surface area contributed by atoms with Crippen LogP contribution in [-0.2, 0) is 0 Å². The van der Waals surface area contributed by atoms with E-state index in [9.17, 15) is 14.0 Å². The first-order chi connectivity index (χ1) is 35.4. The standard InChI is InChI=1S/C26H34FN7O2.C14H16ClFN4O.C12H19N3O/c1-32(2)25(35)23-22(27)20-17-29-26(31-24(20)34(23)19-8-4-5-9-19)30-18-10-11-21(28-16-18)36-15-14-33-12-6-3-7-13-33;1-19(2)13(21)11-10(16)9-7-17-14(15)18-12(9)20(11)8-5-3-4-6-8;13-11-4-5-12(14-10-11)16-9-8-15-6-2-1-3-7-15/h10-11,16-17,19H,3-9,12-15H2,1-2H3,(H,29,30,31);7-8H,3-6H2,1-2H3;4-5,10H,1-3,6-9,13H2. The van der Waals surface area contributed by atoms with Crippen molar-refractivity contribution in [1.29, 1.82) is 0 Å². The van der Waals surface area contributed by atoms with E-state index in [0.29, 0.717) is 53.6 Å². The molecule has 3 N–H and O–H groups in total. The van der Waals surface area contributed by atoms with Gasteiger partial charge < -0.3 is 39.5 Å². The number of amides is 2. The number of halogens is 3. The van der Waals surface area contributed by atoms with Gasteiger partial charge in [-0.2, -0.15) is 9.97 Å². The Morgan fingerprint density at radius 2 is 1.10 bits per heavy atom. The van der Waals surface area contributed by atoms with Crippen LogP contribution in [0.5, 0.6) is 11.8 Å². The van der Waals surface area contributed by atoms with E-state index in [-0.39, 0.29) is 51.3 Å². The normalized spacial score (nSPS) is 16.7. The Hall–Kier alpha value is -6.25. The fraction of sp³-hybridized carbons (Fsp3) is 0.538. The summed E-state index contributed by atoms with van der Waals surface area (Å²) >= 11 is 5.85. The van der Waals surface area contributed by atoms with E-state index in [0.717, 1.165) is 77.5 Å². The third-order valence-electron chi connectivity index (χ3n) is 13.9. The molecular weight excluding hydrogens is 958 g/mol. The van der Waals surface area contributed by atoms with Crippen molar-refractivity contribution < 1.29 is 27.8 Å². The van der Waals surface area contributed by atoms with Crippen LogP contribution in [-0.4, -0.2) is 151 Å². The lowest BCUT2D eigenvalue weighted by atomic mass is 10.1. The SMILES string of the molecule is CN(C)C(=O)c1c(F)c2cnc(Cl)nc2n1C1CCCC1.CN(C)C(=O)c1c(F)c2cnc(Nc3ccc(OCCN4CCCCC4)nc3)nc2n1C1CCCC1.Nc1ccc(OCCN2CCCCC2)nc1. The van der Waals surface area contributed by atoms with Gasteiger partial charge in [0, 0.05) is 77.9 Å². The number of nitrogen functional groups attached to an aromatic ring is 1. The maximum Gasteiger partial charge on any atom is 0.273 e. The van der Waals surface area contributed by atoms with E-state index in [1.165, 1.54) is 73.8 Å². The second kappa shape index (κ2) is 25.1. The summed E-state index contributed by atoms with van der Waals surface area (Å²) in [6.07, 6.45) is 21.8. The quantitative estimate of drug-likeness (QED) is 0.0983. The number of hydrogen-bond donors (Lipinski definition) is 2. The molecule has 8 heterocycles. The maximum atomic E-state index is 15.4. The number of nitrogens with two attached hydrogens (primary N) is 1. The highest BCUT2D eigenvalue weighted by atomic mass is 35.5. The molecule has 21 heteroatoms. The van der Waals surface area contributed by atoms with Gasteiger partial charge in [-0.25, -0.2) is 28.7 Å². The summed E-state index contributed by atoms with van der Waals surface area (Å²) in [4.78, 5) is 58.3. The number of rotatable bonds is 14. The number of nitrogens with zero attached hydrogens (tertiary/aromatic N) is 12. The summed E-state index contributed by atoms with van der Waals surface area (Å²) in [5.74, 6) is -0.310. The summed E-state index contributed by atoms with van der Waals surface area (Å²) in [5.41, 5.74) is 7.87. The molecule has 10 rings (SSSR count). The van der Waals surface area contributed by atoms with Gasteiger partial charge in [-0.3, -0.25) is 19.4 Å². The van der Waals surface area contributed by atoms with Gasteiger partial charge in [-0.05, 0) is 101 Å². The third kappa shape index (κ3) is 13.3. The molecule has 2 amide bonds. The second-order valence-corrected chi connectivity index (χ2v) is 19.9. The van der Waals surface area contributed by atoms with Gasteiger partial charge in [-0.1, -0.05) is 38.5 Å². The highest BCUT2D eigenvalue weighted by Crippen LogP contribution is 2.38. The Kier molecular flexibility index (Phi) is 18.3. The molecule has 2 saturated heterocycles. The molecule has 0 bridgehead atoms. The summed E-state index contributed by atoms with van der Waals surface area (Å²) in [6, 6.07) is 7.41. The number of carbonyl (C=O) groups excluding carboxylic acids is 2. The van der Waals surface area contributed by atoms with E-state index in [1.54, 1.807) is 49.7 Å². The van der Waals surface area contributed by atoms with Crippen molar-refractivity contribution in [2.75, 3.05) is 91.7 Å². The lowest BCUT2D eigenvalue weighted by molar-refractivity contribution is 0.0803. The number of piperidine rings is 2. The molecule has 73 heavy (non-hydrogen) atoms. The minimum atomic E-state index is -0.563. The number of anilines is 3. The first kappa shape index (κ1) is 53.1. The molecule has 2 saturated carbocycles. The van der Waals surface area contributed by atoms with Crippen molar-refractivity contribution >= 4 is 62.8 Å². The number of carbonyl (C=O) groups is 2. The molecule has 2 aliphatic carbocycles. The molecule has 392 valence electrons. The Bertz CT molecular complexity index is 2770. The molecule has 0 radical (unpaired) electrons. The largest absolute Gasteiger partial charge is 0.476 e. The van der Waals surface area contributed by atoms with Crippen LogP contribution in [0.2, 0.25) is 5.28 Å². The van der Waals surface area contributed by atoms with Crippen molar-refractivity contribution in [2.45, 2.75) is 102 Å². The molecule has 0 aromatic carbocycles. The first-order valence-corrected chi connectivity index (χ1v) is 26.1. The average molecular weight is 1030 g/mol. The minimum Gasteiger partial charge on any atom is -0.476 e. The lowest BCUT2D eigenvalue weighted by Crippen LogP contribution is -2.33. The summed E-state index contributed by atoms with van der Waals surface area (Å²) < 4.78 is 44.9. The summed E-state index contributed by atoms with van der Waals surface area (Å²) in [5, 5.41) is 3.71. The van der Waals surface area contributed by atoms with Gasteiger partial charge in [0.2, 0.25) is 23.0 Å². The zero-order chi connectivity index (χ0) is 51.4. The third-order valence-corrected chi connectivity index (χ3v) is 14.1. The van der Waals surface area contributed by atoms with Crippen molar-refractivity contribution in [3.05, 3.63) is 77.4 Å². The van der Waals surface area contributed by atoms with Crippen LogP contribution in [0.15, 0.2) is 49.1 Å². The van der Waals surface area contributed by atoms with Crippen molar-refractivity contribution in [3.8, 4) is 11.8 Å². The van der Waals surface area contributed by atoms with E-state index >= 15 is 4.39 Å². The minimum absolute atomic E-state index is 0.0432. The van der Waals surface area contributed by atoms with Crippen molar-refractivity contribution in [1.82, 2.24) is 58.6 Å². The number of fused-ring (bicyclic) bond motifs is 2. The molecule has 0 spiro atoms. The molecule has 6 aromatic heterocycles. The summed E-state index contributed by atoms with van der Waals surface area (Å²) in [6.45, 7) is 7.91. The highest BCUT2D eigenvalue weighted by Gasteiger charge is 2.33. The Morgan fingerprint density at radius 1 is 0.630 bits per heavy atom. The molecule has 18 nitrogen and oxygen atoms in total. The zero-order valence-electron chi connectivity index (χ0n) is 42.5. The second-order valence-electron chi connectivity index (χ2n) is 19.6. The van der Waals surface area contributed by atoms with Gasteiger partial charge in [0.25, 0.3) is 11.8 Å². The predicted octanol–water partition coefficient (Wildman–Crippen LogP) is 8.96. The Morgan fingerprint density at radius 3 is 1.55 bits per heavy atom. The number of ether oxygens (including phenoxy) is 2. The first-order valence-electron chi connectivity index (χ1n) is 25.7. The van der Waals surface area contributed by atoms with Gasteiger partial charge in [0.15, 0.2) is 11.6 Å². The smallest absolute Gasteiger partial charge is 0.273 e. The van der Waals surface area contributed by atoms with Crippen LogP contribution in [0.1, 0.15) is 123 Å². The average Bonchev–Trinajstić information content (AvgIpc) is 4.23. The van der Waals surface area contributed by atoms with Crippen LogP contribution < -0.4 is 20.5 Å². The highest BCUT2D eigenvalue weighted by molar-refractivity contribution is 6.28. The zero-order valence-corrected chi connectivity index (χ0v) is 43.3. The molecule has 4 fully saturated rings. The fourth-order valence-corrected chi connectivity index (χ4v) is 10.2. The van der Waals surface area contributed by atoms with Crippen molar-refractivity contribution in [2.24, 2.45) is 0 Å². The van der Waals surface area contributed by atoms with Crippen LogP contribution in [0.3, 0.4) is 0 Å². The molecule has 0 unspecified atom stereocenters. The fourth-order valence-electron chi connectivity index (χ4n) is 10.1. The van der Waals surface area contributed by atoms with E-state index in [1.807, 2.05) is 24.3 Å². The van der Waals surface area contributed by atoms with E-state index in [2.05, 4.69) is 45.0 Å². The van der Waals surface area contributed by atoms with Gasteiger partial charge in [0.1, 0.15) is 35.9 Å². The van der Waals surface area contributed by atoms with Crippen LogP contribution in [0, 0.1) is 11.6 Å². The number of likely N-dealkylation sites (tertiary alicyclic amines) is 2. The number of pyridine rings is 2. The maximum absolute atomic E-state index is 15.4. The van der Waals surface area contributed by atoms with Crippen LogP contribution in [0.4, 0.5) is 26.1 Å². The van der Waals surface area contributed by atoms with E-state index in [4.69, 9.17) is 26.8 Å². The van der Waals surface area contributed by atoms with Crippen LogP contribution in [0.25, 0.3) is 22.1 Å². The monoisotopic (exact) mass is 1030 g/mol. The molecule has 2 aliphatic heterocycles. The van der Waals surface area contributed by atoms with Crippen LogP contribution >= 0.6 is 11.6 Å². The molecule has 6 aromatic rings. The van der Waals surface area contributed by atoms with E-state index < -0.39 is 11.6 Å². The number of hydrogen-bond acceptors (Lipinski definition) is 14. The predicted molar refractivity (Wildman–Crippen MR) is 279 cm³/mol. The van der Waals surface area contributed by atoms with Crippen molar-refractivity contribution in [3.63, 3.8) is 0 Å². The van der Waals surface area contributed by atoms with Gasteiger partial charge in [0.05, 0.1) is 34.5 Å². The van der Waals surface area contributed by atoms with Gasteiger partial charge in [-0.15, -0.1) is 0 Å².